The zero-order valence-electron chi connectivity index (χ0n) is 10.8. The van der Waals surface area contributed by atoms with Crippen LogP contribution >= 0.6 is 11.6 Å². The lowest BCUT2D eigenvalue weighted by Gasteiger charge is -2.21. The van der Waals surface area contributed by atoms with Gasteiger partial charge in [-0.3, -0.25) is 0 Å². The van der Waals surface area contributed by atoms with Crippen LogP contribution in [-0.4, -0.2) is 6.54 Å². The Morgan fingerprint density at radius 1 is 1.41 bits per heavy atom. The van der Waals surface area contributed by atoms with Crippen LogP contribution in [0.3, 0.4) is 0 Å². The molecule has 0 aliphatic heterocycles. The van der Waals surface area contributed by atoms with Crippen molar-refractivity contribution in [1.29, 1.82) is 0 Å². The van der Waals surface area contributed by atoms with Crippen LogP contribution < -0.4 is 5.32 Å². The first kappa shape index (κ1) is 12.9. The van der Waals surface area contributed by atoms with Gasteiger partial charge in [-0.05, 0) is 55.5 Å². The van der Waals surface area contributed by atoms with Crippen LogP contribution in [0, 0.1) is 12.8 Å². The lowest BCUT2D eigenvalue weighted by Crippen LogP contribution is -2.23. The highest BCUT2D eigenvalue weighted by Crippen LogP contribution is 2.38. The standard InChI is InChI=1S/C15H22ClN/c1-3-8-17-15(10-12-4-5-12)14-7-6-13(16)9-11(14)2/h6-7,9,12,15,17H,3-5,8,10H2,1-2H3. The minimum absolute atomic E-state index is 0.514. The van der Waals surface area contributed by atoms with Crippen molar-refractivity contribution in [1.82, 2.24) is 5.32 Å². The average Bonchev–Trinajstić information content (AvgIpc) is 3.08. The summed E-state index contributed by atoms with van der Waals surface area (Å²) in [5.41, 5.74) is 2.74. The summed E-state index contributed by atoms with van der Waals surface area (Å²) in [7, 11) is 0. The van der Waals surface area contributed by atoms with Crippen molar-refractivity contribution in [3.8, 4) is 0 Å². The number of hydrogen-bond donors (Lipinski definition) is 1. The van der Waals surface area contributed by atoms with E-state index >= 15 is 0 Å². The van der Waals surface area contributed by atoms with Crippen LogP contribution in [-0.2, 0) is 0 Å². The van der Waals surface area contributed by atoms with E-state index < -0.39 is 0 Å². The number of halogens is 1. The van der Waals surface area contributed by atoms with Crippen molar-refractivity contribution in [2.75, 3.05) is 6.54 Å². The minimum Gasteiger partial charge on any atom is -0.310 e. The Hall–Kier alpha value is -0.530. The molecule has 17 heavy (non-hydrogen) atoms. The van der Waals surface area contributed by atoms with Gasteiger partial charge in [-0.2, -0.15) is 0 Å². The van der Waals surface area contributed by atoms with E-state index in [-0.39, 0.29) is 0 Å². The average molecular weight is 252 g/mol. The van der Waals surface area contributed by atoms with Crippen molar-refractivity contribution in [3.05, 3.63) is 34.3 Å². The first-order valence-corrected chi connectivity index (χ1v) is 7.08. The topological polar surface area (TPSA) is 12.0 Å². The highest BCUT2D eigenvalue weighted by Gasteiger charge is 2.26. The molecule has 2 heteroatoms. The molecule has 1 fully saturated rings. The minimum atomic E-state index is 0.514. The molecule has 2 rings (SSSR count). The third-order valence-corrected chi connectivity index (χ3v) is 3.75. The van der Waals surface area contributed by atoms with Crippen molar-refractivity contribution >= 4 is 11.6 Å². The zero-order valence-corrected chi connectivity index (χ0v) is 11.6. The molecule has 0 saturated heterocycles. The maximum Gasteiger partial charge on any atom is 0.0408 e. The summed E-state index contributed by atoms with van der Waals surface area (Å²) in [6.07, 6.45) is 5.30. The van der Waals surface area contributed by atoms with Gasteiger partial charge in [0.15, 0.2) is 0 Å². The van der Waals surface area contributed by atoms with Crippen LogP contribution in [0.15, 0.2) is 18.2 Å². The van der Waals surface area contributed by atoms with Crippen molar-refractivity contribution in [3.63, 3.8) is 0 Å². The second kappa shape index (κ2) is 5.88. The zero-order chi connectivity index (χ0) is 12.3. The van der Waals surface area contributed by atoms with Crippen LogP contribution in [0.1, 0.15) is 49.8 Å². The van der Waals surface area contributed by atoms with Crippen molar-refractivity contribution in [2.45, 2.75) is 45.6 Å². The molecule has 1 unspecified atom stereocenters. The maximum absolute atomic E-state index is 6.02. The maximum atomic E-state index is 6.02. The highest BCUT2D eigenvalue weighted by atomic mass is 35.5. The third kappa shape index (κ3) is 3.72. The van der Waals surface area contributed by atoms with Crippen LogP contribution in [0.2, 0.25) is 5.02 Å². The molecule has 0 heterocycles. The predicted octanol–water partition coefficient (Wildman–Crippen LogP) is 4.49. The molecule has 1 aromatic rings. The van der Waals surface area contributed by atoms with E-state index in [9.17, 15) is 0 Å². The lowest BCUT2D eigenvalue weighted by molar-refractivity contribution is 0.472. The molecule has 1 atom stereocenters. The fourth-order valence-corrected chi connectivity index (χ4v) is 2.58. The quantitative estimate of drug-likeness (QED) is 0.786. The molecule has 0 aromatic heterocycles. The molecular formula is C15H22ClN. The molecule has 0 bridgehead atoms. The first-order valence-electron chi connectivity index (χ1n) is 6.70. The molecule has 0 amide bonds. The van der Waals surface area contributed by atoms with E-state index in [1.807, 2.05) is 6.07 Å². The third-order valence-electron chi connectivity index (χ3n) is 3.51. The molecule has 0 radical (unpaired) electrons. The summed E-state index contributed by atoms with van der Waals surface area (Å²) < 4.78 is 0. The van der Waals surface area contributed by atoms with Gasteiger partial charge in [-0.1, -0.05) is 37.4 Å². The van der Waals surface area contributed by atoms with Gasteiger partial charge in [-0.15, -0.1) is 0 Å². The van der Waals surface area contributed by atoms with E-state index in [0.29, 0.717) is 6.04 Å². The molecule has 1 nitrogen and oxygen atoms in total. The molecule has 1 saturated carbocycles. The summed E-state index contributed by atoms with van der Waals surface area (Å²) in [4.78, 5) is 0. The molecule has 1 aliphatic rings. The van der Waals surface area contributed by atoms with Gasteiger partial charge in [-0.25, -0.2) is 0 Å². The summed E-state index contributed by atoms with van der Waals surface area (Å²) >= 11 is 6.02. The highest BCUT2D eigenvalue weighted by molar-refractivity contribution is 6.30. The van der Waals surface area contributed by atoms with Gasteiger partial charge in [0.2, 0.25) is 0 Å². The van der Waals surface area contributed by atoms with Gasteiger partial charge >= 0.3 is 0 Å². The number of nitrogens with one attached hydrogen (secondary N) is 1. The Labute approximate surface area is 110 Å². The van der Waals surface area contributed by atoms with Crippen LogP contribution in [0.5, 0.6) is 0 Å². The second-order valence-corrected chi connectivity index (χ2v) is 5.62. The van der Waals surface area contributed by atoms with Crippen LogP contribution in [0.25, 0.3) is 0 Å². The Morgan fingerprint density at radius 3 is 2.76 bits per heavy atom. The normalized spacial score (nSPS) is 17.1. The van der Waals surface area contributed by atoms with E-state index in [1.165, 1.54) is 36.8 Å². The summed E-state index contributed by atoms with van der Waals surface area (Å²) in [5, 5.41) is 4.51. The number of hydrogen-bond acceptors (Lipinski definition) is 1. The van der Waals surface area contributed by atoms with Crippen molar-refractivity contribution in [2.24, 2.45) is 5.92 Å². The fraction of sp³-hybridized carbons (Fsp3) is 0.600. The Kier molecular flexibility index (Phi) is 4.47. The van der Waals surface area contributed by atoms with Crippen LogP contribution in [0.4, 0.5) is 0 Å². The predicted molar refractivity (Wildman–Crippen MR) is 74.6 cm³/mol. The Bertz CT molecular complexity index is 371. The smallest absolute Gasteiger partial charge is 0.0408 e. The van der Waals surface area contributed by atoms with Gasteiger partial charge in [0.1, 0.15) is 0 Å². The van der Waals surface area contributed by atoms with Gasteiger partial charge in [0.25, 0.3) is 0 Å². The van der Waals surface area contributed by atoms with E-state index in [2.05, 4.69) is 31.3 Å². The first-order chi connectivity index (χ1) is 8.20. The van der Waals surface area contributed by atoms with Gasteiger partial charge in [0, 0.05) is 11.1 Å². The van der Waals surface area contributed by atoms with E-state index in [0.717, 1.165) is 17.5 Å². The summed E-state index contributed by atoms with van der Waals surface area (Å²) in [6, 6.07) is 6.79. The summed E-state index contributed by atoms with van der Waals surface area (Å²) in [6.45, 7) is 5.48. The molecule has 1 N–H and O–H groups in total. The van der Waals surface area contributed by atoms with E-state index in [4.69, 9.17) is 11.6 Å². The number of aryl methyl sites for hydroxylation is 1. The second-order valence-electron chi connectivity index (χ2n) is 5.19. The fourth-order valence-electron chi connectivity index (χ4n) is 2.36. The Morgan fingerprint density at radius 2 is 2.18 bits per heavy atom. The number of benzene rings is 1. The van der Waals surface area contributed by atoms with Crippen molar-refractivity contribution < 1.29 is 0 Å². The Balaban J connectivity index is 2.11. The molecular weight excluding hydrogens is 230 g/mol. The van der Waals surface area contributed by atoms with Gasteiger partial charge < -0.3 is 5.32 Å². The molecule has 0 spiro atoms. The lowest BCUT2D eigenvalue weighted by atomic mass is 9.97. The van der Waals surface area contributed by atoms with E-state index in [1.54, 1.807) is 0 Å². The molecule has 1 aliphatic carbocycles. The SMILES string of the molecule is CCCNC(CC1CC1)c1ccc(Cl)cc1C. The molecule has 1 aromatic carbocycles. The number of rotatable bonds is 6. The largest absolute Gasteiger partial charge is 0.310 e. The monoisotopic (exact) mass is 251 g/mol. The summed E-state index contributed by atoms with van der Waals surface area (Å²) in [5.74, 6) is 0.944. The molecule has 94 valence electrons. The van der Waals surface area contributed by atoms with Gasteiger partial charge in [0.05, 0.1) is 0 Å².